The Kier molecular flexibility index (Phi) is 2.93. The average Bonchev–Trinajstić information content (AvgIpc) is 3.05. The summed E-state index contributed by atoms with van der Waals surface area (Å²) < 4.78 is 1.95. The lowest BCUT2D eigenvalue weighted by atomic mass is 9.91. The van der Waals surface area contributed by atoms with E-state index in [1.165, 1.54) is 16.6 Å². The molecule has 4 heteroatoms. The first-order chi connectivity index (χ1) is 10.7. The van der Waals surface area contributed by atoms with Crippen molar-refractivity contribution in [2.24, 2.45) is 5.92 Å². The molecular weight excluding hydrogens is 274 g/mol. The number of benzene rings is 1. The van der Waals surface area contributed by atoms with Gasteiger partial charge in [0.15, 0.2) is 0 Å². The van der Waals surface area contributed by atoms with Crippen molar-refractivity contribution in [1.82, 2.24) is 14.5 Å². The number of carbonyl (C=O) groups is 1. The zero-order chi connectivity index (χ0) is 15.3. The van der Waals surface area contributed by atoms with Gasteiger partial charge < -0.3 is 4.98 Å². The first kappa shape index (κ1) is 13.3. The van der Waals surface area contributed by atoms with Crippen LogP contribution in [0.25, 0.3) is 10.9 Å². The molecule has 0 unspecified atom stereocenters. The number of aryl methyl sites for hydroxylation is 2. The highest BCUT2D eigenvalue weighted by atomic mass is 16.2. The number of imidazole rings is 1. The number of aromatic amines is 1. The maximum absolute atomic E-state index is 13.0. The van der Waals surface area contributed by atoms with Crippen molar-refractivity contribution in [3.63, 3.8) is 0 Å². The zero-order valence-electron chi connectivity index (χ0n) is 12.9. The molecule has 22 heavy (non-hydrogen) atoms. The lowest BCUT2D eigenvalue weighted by molar-refractivity contribution is 0.0808. The maximum Gasteiger partial charge on any atom is 0.234 e. The predicted octanol–water partition coefficient (Wildman–Crippen LogP) is 3.43. The summed E-state index contributed by atoms with van der Waals surface area (Å²) in [5, 5.41) is 1.20. The van der Waals surface area contributed by atoms with Gasteiger partial charge >= 0.3 is 0 Å². The summed E-state index contributed by atoms with van der Waals surface area (Å²) in [7, 11) is 0. The summed E-state index contributed by atoms with van der Waals surface area (Å²) in [6.07, 6.45) is 4.29. The summed E-state index contributed by atoms with van der Waals surface area (Å²) in [6.45, 7) is 4.13. The van der Waals surface area contributed by atoms with E-state index >= 15 is 0 Å². The summed E-state index contributed by atoms with van der Waals surface area (Å²) in [6, 6.07) is 8.20. The highest BCUT2D eigenvalue weighted by Gasteiger charge is 2.31. The summed E-state index contributed by atoms with van der Waals surface area (Å²) in [4.78, 5) is 20.5. The maximum atomic E-state index is 13.0. The van der Waals surface area contributed by atoms with Gasteiger partial charge in [0.25, 0.3) is 0 Å². The molecule has 0 spiro atoms. The van der Waals surface area contributed by atoms with Crippen LogP contribution < -0.4 is 0 Å². The Morgan fingerprint density at radius 3 is 2.91 bits per heavy atom. The third-order valence-electron chi connectivity index (χ3n) is 4.93. The van der Waals surface area contributed by atoms with Crippen molar-refractivity contribution in [2.75, 3.05) is 0 Å². The molecule has 0 fully saturated rings. The lowest BCUT2D eigenvalue weighted by Crippen LogP contribution is -2.30. The molecule has 4 nitrogen and oxygen atoms in total. The number of hydrogen-bond acceptors (Lipinski definition) is 2. The van der Waals surface area contributed by atoms with E-state index in [9.17, 15) is 4.79 Å². The number of H-pyrrole nitrogens is 1. The van der Waals surface area contributed by atoms with E-state index < -0.39 is 0 Å². The molecule has 1 atom stereocenters. The van der Waals surface area contributed by atoms with Crippen molar-refractivity contribution in [3.8, 4) is 0 Å². The molecule has 0 saturated heterocycles. The van der Waals surface area contributed by atoms with Crippen LogP contribution in [0.15, 0.2) is 30.6 Å². The number of nitrogens with zero attached hydrogens (tertiary/aromatic N) is 2. The molecule has 3 aromatic rings. The first-order valence-corrected chi connectivity index (χ1v) is 7.79. The van der Waals surface area contributed by atoms with E-state index in [-0.39, 0.29) is 11.8 Å². The van der Waals surface area contributed by atoms with Crippen molar-refractivity contribution in [3.05, 3.63) is 53.2 Å². The zero-order valence-corrected chi connectivity index (χ0v) is 12.9. The van der Waals surface area contributed by atoms with Gasteiger partial charge in [-0.15, -0.1) is 0 Å². The molecule has 0 bridgehead atoms. The number of hydrogen-bond donors (Lipinski definition) is 1. The van der Waals surface area contributed by atoms with Gasteiger partial charge in [-0.3, -0.25) is 9.36 Å². The van der Waals surface area contributed by atoms with Gasteiger partial charge in [-0.05, 0) is 38.3 Å². The Labute approximate surface area is 129 Å². The quantitative estimate of drug-likeness (QED) is 0.787. The highest BCUT2D eigenvalue weighted by molar-refractivity contribution is 5.97. The molecule has 0 aliphatic carbocycles. The lowest BCUT2D eigenvalue weighted by Gasteiger charge is -2.23. The number of rotatable bonds is 2. The van der Waals surface area contributed by atoms with E-state index in [2.05, 4.69) is 23.0 Å². The fraction of sp³-hybridized carbons (Fsp3) is 0.333. The van der Waals surface area contributed by atoms with Crippen LogP contribution in [0.1, 0.15) is 33.9 Å². The fourth-order valence-electron chi connectivity index (χ4n) is 3.64. The minimum Gasteiger partial charge on any atom is -0.348 e. The van der Waals surface area contributed by atoms with Gasteiger partial charge in [-0.1, -0.05) is 18.2 Å². The SMILES string of the molecule is Cc1[nH]cnc1C[C@H]1CCc2c(C)c3ccccc3n2C1=O. The van der Waals surface area contributed by atoms with E-state index in [1.54, 1.807) is 6.33 Å². The molecule has 3 heterocycles. The Morgan fingerprint density at radius 2 is 2.14 bits per heavy atom. The number of nitrogens with one attached hydrogen (secondary N) is 1. The highest BCUT2D eigenvalue weighted by Crippen LogP contribution is 2.33. The third kappa shape index (κ3) is 1.83. The topological polar surface area (TPSA) is 50.7 Å². The van der Waals surface area contributed by atoms with Crippen molar-refractivity contribution in [2.45, 2.75) is 33.1 Å². The molecule has 1 N–H and O–H groups in total. The Balaban J connectivity index is 1.77. The molecule has 2 aromatic heterocycles. The monoisotopic (exact) mass is 293 g/mol. The van der Waals surface area contributed by atoms with Crippen molar-refractivity contribution in [1.29, 1.82) is 0 Å². The van der Waals surface area contributed by atoms with E-state index in [1.807, 2.05) is 29.7 Å². The largest absolute Gasteiger partial charge is 0.348 e. The number of aromatic nitrogens is 3. The molecular formula is C18H19N3O. The van der Waals surface area contributed by atoms with E-state index in [4.69, 9.17) is 0 Å². The van der Waals surface area contributed by atoms with Gasteiger partial charge in [-0.25, -0.2) is 4.98 Å². The average molecular weight is 293 g/mol. The normalized spacial score (nSPS) is 17.9. The Bertz CT molecular complexity index is 872. The molecule has 0 saturated carbocycles. The Hall–Kier alpha value is -2.36. The van der Waals surface area contributed by atoms with E-state index in [0.717, 1.165) is 36.2 Å². The molecule has 1 aliphatic heterocycles. The minimum absolute atomic E-state index is 0.0182. The Morgan fingerprint density at radius 1 is 1.32 bits per heavy atom. The van der Waals surface area contributed by atoms with Crippen LogP contribution in [0.4, 0.5) is 0 Å². The van der Waals surface area contributed by atoms with Crippen molar-refractivity contribution >= 4 is 16.8 Å². The van der Waals surface area contributed by atoms with Gasteiger partial charge in [0.1, 0.15) is 0 Å². The molecule has 1 aromatic carbocycles. The predicted molar refractivity (Wildman–Crippen MR) is 86.1 cm³/mol. The number of carbonyl (C=O) groups excluding carboxylic acids is 1. The summed E-state index contributed by atoms with van der Waals surface area (Å²) in [5.74, 6) is 0.234. The van der Waals surface area contributed by atoms with Gasteiger partial charge in [0.05, 0.1) is 17.5 Å². The van der Waals surface area contributed by atoms with Gasteiger partial charge in [0, 0.05) is 29.1 Å². The van der Waals surface area contributed by atoms with Crippen LogP contribution in [-0.2, 0) is 12.8 Å². The number of para-hydroxylation sites is 1. The second kappa shape index (κ2) is 4.83. The number of fused-ring (bicyclic) bond motifs is 3. The molecule has 4 rings (SSSR count). The summed E-state index contributed by atoms with van der Waals surface area (Å²) >= 11 is 0. The van der Waals surface area contributed by atoms with Crippen LogP contribution >= 0.6 is 0 Å². The fourth-order valence-corrected chi connectivity index (χ4v) is 3.64. The molecule has 112 valence electrons. The first-order valence-electron chi connectivity index (χ1n) is 7.79. The second-order valence-corrected chi connectivity index (χ2v) is 6.18. The van der Waals surface area contributed by atoms with E-state index in [0.29, 0.717) is 0 Å². The molecule has 1 aliphatic rings. The van der Waals surface area contributed by atoms with Gasteiger partial charge in [-0.2, -0.15) is 0 Å². The second-order valence-electron chi connectivity index (χ2n) is 6.18. The van der Waals surface area contributed by atoms with Crippen LogP contribution in [0.3, 0.4) is 0 Å². The van der Waals surface area contributed by atoms with Gasteiger partial charge in [0.2, 0.25) is 5.91 Å². The van der Waals surface area contributed by atoms with Crippen LogP contribution in [-0.4, -0.2) is 20.4 Å². The van der Waals surface area contributed by atoms with Crippen molar-refractivity contribution < 1.29 is 4.79 Å². The van der Waals surface area contributed by atoms with Crippen LogP contribution in [0, 0.1) is 19.8 Å². The summed E-state index contributed by atoms with van der Waals surface area (Å²) in [5.41, 5.74) is 5.55. The smallest absolute Gasteiger partial charge is 0.234 e. The minimum atomic E-state index is 0.0182. The third-order valence-corrected chi connectivity index (χ3v) is 4.93. The van der Waals surface area contributed by atoms with Crippen LogP contribution in [0.5, 0.6) is 0 Å². The van der Waals surface area contributed by atoms with Crippen LogP contribution in [0.2, 0.25) is 0 Å². The molecule has 0 radical (unpaired) electrons. The molecule has 0 amide bonds. The standard InChI is InChI=1S/C18H19N3O/c1-11-14-5-3-4-6-17(14)21-16(11)8-7-13(18(21)22)9-15-12(2)19-10-20-15/h3-6,10,13H,7-9H2,1-2H3,(H,19,20)/t13-/m1/s1.